The van der Waals surface area contributed by atoms with Gasteiger partial charge < -0.3 is 15.0 Å². The largest absolute Gasteiger partial charge is 0.368 e. The molecule has 200 valence electrons. The highest BCUT2D eigenvalue weighted by Crippen LogP contribution is 2.35. The zero-order valence-electron chi connectivity index (χ0n) is 21.5. The minimum Gasteiger partial charge on any atom is -0.368 e. The van der Waals surface area contributed by atoms with E-state index >= 15 is 0 Å². The molecule has 1 unspecified atom stereocenters. The number of thiazole rings is 1. The average Bonchev–Trinajstić information content (AvgIpc) is 3.36. The molecule has 3 atom stereocenters. The van der Waals surface area contributed by atoms with Crippen LogP contribution >= 0.6 is 23.1 Å². The summed E-state index contributed by atoms with van der Waals surface area (Å²) in [6.45, 7) is 9.67. The van der Waals surface area contributed by atoms with Crippen molar-refractivity contribution >= 4 is 53.6 Å². The monoisotopic (exact) mass is 545 g/mol. The van der Waals surface area contributed by atoms with Crippen molar-refractivity contribution in [2.45, 2.75) is 64.6 Å². The van der Waals surface area contributed by atoms with Crippen LogP contribution in [0.15, 0.2) is 28.7 Å². The van der Waals surface area contributed by atoms with Gasteiger partial charge in [-0.25, -0.2) is 15.8 Å². The summed E-state index contributed by atoms with van der Waals surface area (Å²) >= 11 is 3.27. The summed E-state index contributed by atoms with van der Waals surface area (Å²) in [4.78, 5) is 37.6. The van der Waals surface area contributed by atoms with Crippen LogP contribution in [0.2, 0.25) is 0 Å². The maximum atomic E-state index is 10.9. The number of anilines is 1. The zero-order valence-corrected chi connectivity index (χ0v) is 23.1. The Morgan fingerprint density at radius 1 is 1.32 bits per heavy atom. The van der Waals surface area contributed by atoms with Crippen LogP contribution in [-0.4, -0.2) is 64.6 Å². The Labute approximate surface area is 226 Å². The summed E-state index contributed by atoms with van der Waals surface area (Å²) in [5.41, 5.74) is 5.07. The van der Waals surface area contributed by atoms with E-state index in [2.05, 4.69) is 27.0 Å². The number of hydrazine groups is 1. The van der Waals surface area contributed by atoms with Crippen LogP contribution in [0.1, 0.15) is 46.8 Å². The SMILES string of the molecule is C=N/C(=C\SCNc1ccc(C)cn1)c1sc(C)nc1C.NNC(=O)COC1C[C@H]2CC[C@@H](C1)N2C=O. The van der Waals surface area contributed by atoms with Crippen LogP contribution in [0, 0.1) is 20.8 Å². The van der Waals surface area contributed by atoms with Gasteiger partial charge in [0.15, 0.2) is 0 Å². The van der Waals surface area contributed by atoms with E-state index in [1.165, 1.54) is 0 Å². The van der Waals surface area contributed by atoms with E-state index in [1.807, 2.05) is 54.8 Å². The Kier molecular flexibility index (Phi) is 11.1. The highest BCUT2D eigenvalue weighted by Gasteiger charge is 2.40. The van der Waals surface area contributed by atoms with E-state index in [-0.39, 0.29) is 18.6 Å². The number of nitrogens with two attached hydrogens (primary N) is 1. The number of nitrogens with one attached hydrogen (secondary N) is 2. The first kappa shape index (κ1) is 28.8. The van der Waals surface area contributed by atoms with E-state index in [0.29, 0.717) is 12.1 Å². The highest BCUT2D eigenvalue weighted by molar-refractivity contribution is 8.02. The first-order chi connectivity index (χ1) is 17.8. The lowest BCUT2D eigenvalue weighted by atomic mass is 10.0. The van der Waals surface area contributed by atoms with E-state index in [1.54, 1.807) is 23.1 Å². The fourth-order valence-corrected chi connectivity index (χ4v) is 6.09. The Balaban J connectivity index is 0.000000213. The summed E-state index contributed by atoms with van der Waals surface area (Å²) in [5, 5.41) is 6.31. The molecular formula is C25H35N7O3S2. The molecule has 10 nitrogen and oxygen atoms in total. The number of pyridine rings is 1. The molecular weight excluding hydrogens is 510 g/mol. The quantitative estimate of drug-likeness (QED) is 0.0786. The van der Waals surface area contributed by atoms with Crippen molar-refractivity contribution in [1.29, 1.82) is 0 Å². The lowest BCUT2D eigenvalue weighted by molar-refractivity contribution is -0.133. The first-order valence-corrected chi connectivity index (χ1v) is 13.9. The molecule has 0 aromatic carbocycles. The molecule has 4 N–H and O–H groups in total. The topological polar surface area (TPSA) is 135 Å². The van der Waals surface area contributed by atoms with Crippen molar-refractivity contribution in [2.75, 3.05) is 17.8 Å². The Morgan fingerprint density at radius 3 is 2.59 bits per heavy atom. The van der Waals surface area contributed by atoms with Gasteiger partial charge in [-0.05, 0) is 70.2 Å². The summed E-state index contributed by atoms with van der Waals surface area (Å²) in [6.07, 6.45) is 6.61. The summed E-state index contributed by atoms with van der Waals surface area (Å²) in [7, 11) is 0. The van der Waals surface area contributed by atoms with Gasteiger partial charge in [0.25, 0.3) is 5.91 Å². The number of hydrogen-bond acceptors (Lipinski definition) is 10. The van der Waals surface area contributed by atoms with Crippen LogP contribution in [0.5, 0.6) is 0 Å². The molecule has 2 fully saturated rings. The number of amides is 2. The van der Waals surface area contributed by atoms with Gasteiger partial charge >= 0.3 is 0 Å². The molecule has 2 aliphatic rings. The number of carbonyl (C=O) groups excluding carboxylic acids is 2. The molecule has 0 radical (unpaired) electrons. The maximum absolute atomic E-state index is 10.9. The Bertz CT molecular complexity index is 1080. The van der Waals surface area contributed by atoms with Gasteiger partial charge in [0.2, 0.25) is 6.41 Å². The third-order valence-corrected chi connectivity index (χ3v) is 8.02. The van der Waals surface area contributed by atoms with Crippen LogP contribution in [0.25, 0.3) is 5.70 Å². The van der Waals surface area contributed by atoms with Gasteiger partial charge in [0, 0.05) is 18.3 Å². The van der Waals surface area contributed by atoms with Crippen molar-refractivity contribution in [1.82, 2.24) is 20.3 Å². The average molecular weight is 546 g/mol. The number of aryl methyl sites for hydroxylation is 3. The maximum Gasteiger partial charge on any atom is 0.259 e. The van der Waals surface area contributed by atoms with Gasteiger partial charge in [-0.3, -0.25) is 20.0 Å². The van der Waals surface area contributed by atoms with Gasteiger partial charge in [0.05, 0.1) is 33.3 Å². The third-order valence-electron chi connectivity index (χ3n) is 6.23. The second-order valence-corrected chi connectivity index (χ2v) is 11.0. The molecule has 2 amide bonds. The number of rotatable bonds is 10. The van der Waals surface area contributed by atoms with E-state index in [9.17, 15) is 9.59 Å². The van der Waals surface area contributed by atoms with Crippen molar-refractivity contribution in [2.24, 2.45) is 10.8 Å². The van der Waals surface area contributed by atoms with Crippen molar-refractivity contribution < 1.29 is 14.3 Å². The fraction of sp³-hybridized carbons (Fsp3) is 0.480. The smallest absolute Gasteiger partial charge is 0.259 e. The minimum absolute atomic E-state index is 0.00168. The molecule has 0 saturated carbocycles. The number of piperidine rings is 1. The van der Waals surface area contributed by atoms with Gasteiger partial charge in [-0.2, -0.15) is 0 Å². The summed E-state index contributed by atoms with van der Waals surface area (Å²) in [5.74, 6) is 6.25. The number of ether oxygens (including phenoxy) is 1. The van der Waals surface area contributed by atoms with Crippen LogP contribution in [-0.2, 0) is 14.3 Å². The molecule has 12 heteroatoms. The molecule has 37 heavy (non-hydrogen) atoms. The van der Waals surface area contributed by atoms with Crippen LogP contribution in [0.3, 0.4) is 0 Å². The first-order valence-electron chi connectivity index (χ1n) is 12.1. The number of carbonyl (C=O) groups is 2. The minimum atomic E-state index is -0.315. The van der Waals surface area contributed by atoms with Crippen molar-refractivity contribution in [3.63, 3.8) is 0 Å². The van der Waals surface area contributed by atoms with Crippen LogP contribution in [0.4, 0.5) is 5.82 Å². The summed E-state index contributed by atoms with van der Waals surface area (Å²) in [6, 6.07) is 4.60. The molecule has 0 spiro atoms. The molecule has 4 rings (SSSR count). The van der Waals surface area contributed by atoms with E-state index < -0.39 is 0 Å². The lowest BCUT2D eigenvalue weighted by Crippen LogP contribution is -2.45. The van der Waals surface area contributed by atoms with Crippen molar-refractivity contribution in [3.8, 4) is 0 Å². The summed E-state index contributed by atoms with van der Waals surface area (Å²) < 4.78 is 5.47. The normalized spacial score (nSPS) is 20.6. The fourth-order valence-electron chi connectivity index (χ4n) is 4.45. The van der Waals surface area contributed by atoms with E-state index in [4.69, 9.17) is 10.6 Å². The number of hydrogen-bond donors (Lipinski definition) is 3. The van der Waals surface area contributed by atoms with Gasteiger partial charge in [-0.1, -0.05) is 6.07 Å². The number of thioether (sulfide) groups is 1. The van der Waals surface area contributed by atoms with Gasteiger partial charge in [-0.15, -0.1) is 23.1 Å². The Hall–Kier alpha value is -2.80. The van der Waals surface area contributed by atoms with E-state index in [0.717, 1.165) is 70.6 Å². The lowest BCUT2D eigenvalue weighted by Gasteiger charge is -2.36. The number of aromatic nitrogens is 2. The molecule has 2 saturated heterocycles. The number of nitrogens with zero attached hydrogens (tertiary/aromatic N) is 4. The third kappa shape index (κ3) is 8.35. The molecule has 2 aliphatic heterocycles. The predicted molar refractivity (Wildman–Crippen MR) is 150 cm³/mol. The number of fused-ring (bicyclic) bond motifs is 2. The highest BCUT2D eigenvalue weighted by atomic mass is 32.2. The van der Waals surface area contributed by atoms with Gasteiger partial charge in [0.1, 0.15) is 12.4 Å². The zero-order chi connectivity index (χ0) is 26.8. The second kappa shape index (κ2) is 14.2. The molecule has 0 aliphatic carbocycles. The molecule has 2 aromatic heterocycles. The molecule has 4 heterocycles. The Morgan fingerprint density at radius 2 is 2.05 bits per heavy atom. The van der Waals surface area contributed by atoms with Crippen LogP contribution < -0.4 is 16.6 Å². The standard InChI is InChI=1S/C15H18N4S2.C10H17N3O3/c1-10-5-6-14(17-7-10)18-9-20-8-13(16-4)15-11(2)19-12(3)21-15;11-12-10(15)5-16-9-3-7-1-2-8(4-9)13(7)6-14/h5-8H,4,9H2,1-3H3,(H,17,18);6-9H,1-5,11H2,(H,12,15)/b13-8-;/t;7-,8+,9?. The molecule has 2 bridgehead atoms. The predicted octanol–water partition coefficient (Wildman–Crippen LogP) is 3.41. The molecule has 2 aromatic rings. The number of aliphatic imine (C=N–C) groups is 1. The van der Waals surface area contributed by atoms with Crippen molar-refractivity contribution in [3.05, 3.63) is 44.9 Å². The second-order valence-electron chi connectivity index (χ2n) is 8.93.